The standard InChI is InChI=1S/C22H26FN7O3/c1-22(33-3)7-6-16(22)27-20(31)12-11-25-30-18(24-2)10-17(28-19(12)30)26-14-5-4-8-29(21(14)32)15-9-13(15)23/h4-5,8,10-11,13,15-16,24H,6-7,9H2,1-3H3,(H,26,28)(H,27,31)/t13-,15?,16?,22-/m0/s1. The number of alkyl halides is 1. The summed E-state index contributed by atoms with van der Waals surface area (Å²) < 4.78 is 22.0. The van der Waals surface area contributed by atoms with Crippen molar-refractivity contribution in [3.8, 4) is 0 Å². The van der Waals surface area contributed by atoms with Gasteiger partial charge in [-0.15, -0.1) is 0 Å². The number of rotatable bonds is 7. The summed E-state index contributed by atoms with van der Waals surface area (Å²) >= 11 is 0. The second kappa shape index (κ2) is 7.84. The van der Waals surface area contributed by atoms with E-state index >= 15 is 0 Å². The molecule has 0 saturated heterocycles. The van der Waals surface area contributed by atoms with Crippen molar-refractivity contribution in [1.29, 1.82) is 0 Å². The molecule has 0 bridgehead atoms. The monoisotopic (exact) mass is 455 g/mol. The highest BCUT2D eigenvalue weighted by Crippen LogP contribution is 2.38. The second-order valence-electron chi connectivity index (χ2n) is 8.73. The molecule has 3 heterocycles. The third kappa shape index (κ3) is 3.62. The summed E-state index contributed by atoms with van der Waals surface area (Å²) in [6.45, 7) is 1.97. The Morgan fingerprint density at radius 2 is 2.18 bits per heavy atom. The van der Waals surface area contributed by atoms with E-state index in [4.69, 9.17) is 4.74 Å². The van der Waals surface area contributed by atoms with Crippen LogP contribution >= 0.6 is 0 Å². The predicted molar refractivity (Wildman–Crippen MR) is 121 cm³/mol. The lowest BCUT2D eigenvalue weighted by atomic mass is 9.76. The van der Waals surface area contributed by atoms with Crippen molar-refractivity contribution in [2.24, 2.45) is 0 Å². The summed E-state index contributed by atoms with van der Waals surface area (Å²) in [6.07, 6.45) is 4.10. The average Bonchev–Trinajstić information content (AvgIpc) is 3.37. The summed E-state index contributed by atoms with van der Waals surface area (Å²) in [5.41, 5.74) is 0.200. The molecule has 10 nitrogen and oxygen atoms in total. The number of halogens is 1. The molecule has 174 valence electrons. The highest BCUT2D eigenvalue weighted by molar-refractivity contribution is 6.00. The molecule has 0 spiro atoms. The van der Waals surface area contributed by atoms with E-state index in [9.17, 15) is 14.0 Å². The Balaban J connectivity index is 1.46. The minimum absolute atomic E-state index is 0.0976. The van der Waals surface area contributed by atoms with Crippen LogP contribution in [0.4, 0.5) is 21.7 Å². The number of amides is 1. The van der Waals surface area contributed by atoms with Gasteiger partial charge in [-0.2, -0.15) is 9.61 Å². The number of fused-ring (bicyclic) bond motifs is 1. The maximum Gasteiger partial charge on any atom is 0.274 e. The Labute approximate surface area is 189 Å². The number of ether oxygens (including phenoxy) is 1. The summed E-state index contributed by atoms with van der Waals surface area (Å²) in [4.78, 5) is 30.4. The van der Waals surface area contributed by atoms with Crippen molar-refractivity contribution in [2.75, 3.05) is 24.8 Å². The Hall–Kier alpha value is -3.47. The summed E-state index contributed by atoms with van der Waals surface area (Å²) in [5, 5.41) is 13.4. The SMILES string of the molecule is CNc1cc(Nc2cccn(C3C[C@@H]3F)c2=O)nc2c(C(=O)NC3CC[C@]3(C)OC)cnn12. The quantitative estimate of drug-likeness (QED) is 0.501. The predicted octanol–water partition coefficient (Wildman–Crippen LogP) is 2.26. The van der Waals surface area contributed by atoms with Crippen molar-refractivity contribution < 1.29 is 13.9 Å². The van der Waals surface area contributed by atoms with Gasteiger partial charge in [0.25, 0.3) is 11.5 Å². The van der Waals surface area contributed by atoms with Crippen molar-refractivity contribution >= 4 is 28.9 Å². The van der Waals surface area contributed by atoms with Gasteiger partial charge < -0.3 is 25.3 Å². The first-order chi connectivity index (χ1) is 15.8. The number of carbonyl (C=O) groups excluding carboxylic acids is 1. The number of methoxy groups -OCH3 is 1. The normalized spacial score (nSPS) is 26.0. The first-order valence-corrected chi connectivity index (χ1v) is 10.9. The van der Waals surface area contributed by atoms with E-state index in [0.717, 1.165) is 12.8 Å². The topological polar surface area (TPSA) is 115 Å². The summed E-state index contributed by atoms with van der Waals surface area (Å²) in [7, 11) is 3.36. The Morgan fingerprint density at radius 3 is 2.82 bits per heavy atom. The highest BCUT2D eigenvalue weighted by Gasteiger charge is 2.44. The van der Waals surface area contributed by atoms with Crippen molar-refractivity contribution in [3.63, 3.8) is 0 Å². The van der Waals surface area contributed by atoms with Crippen LogP contribution in [0.2, 0.25) is 0 Å². The van der Waals surface area contributed by atoms with Crippen LogP contribution < -0.4 is 21.5 Å². The zero-order valence-electron chi connectivity index (χ0n) is 18.6. The van der Waals surface area contributed by atoms with Gasteiger partial charge in [0.1, 0.15) is 29.1 Å². The Bertz CT molecular complexity index is 1280. The molecule has 3 aromatic rings. The van der Waals surface area contributed by atoms with Crippen LogP contribution in [-0.2, 0) is 4.74 Å². The lowest BCUT2D eigenvalue weighted by Gasteiger charge is -2.45. The van der Waals surface area contributed by atoms with Gasteiger partial charge in [-0.05, 0) is 31.9 Å². The summed E-state index contributed by atoms with van der Waals surface area (Å²) in [6, 6.07) is 4.47. The first kappa shape index (κ1) is 21.4. The minimum Gasteiger partial charge on any atom is -0.376 e. The lowest BCUT2D eigenvalue weighted by molar-refractivity contribution is -0.0828. The van der Waals surface area contributed by atoms with Gasteiger partial charge in [0.15, 0.2) is 5.65 Å². The molecule has 0 aliphatic heterocycles. The molecule has 2 fully saturated rings. The number of carbonyl (C=O) groups is 1. The molecule has 33 heavy (non-hydrogen) atoms. The zero-order chi connectivity index (χ0) is 23.3. The maximum atomic E-state index is 13.5. The number of hydrogen-bond acceptors (Lipinski definition) is 7. The molecule has 11 heteroatoms. The molecule has 3 N–H and O–H groups in total. The van der Waals surface area contributed by atoms with Crippen molar-refractivity contribution in [1.82, 2.24) is 24.5 Å². The fourth-order valence-corrected chi connectivity index (χ4v) is 4.21. The molecule has 3 aromatic heterocycles. The number of nitrogens with zero attached hydrogens (tertiary/aromatic N) is 4. The van der Waals surface area contributed by atoms with Gasteiger partial charge in [-0.3, -0.25) is 9.59 Å². The third-order valence-corrected chi connectivity index (χ3v) is 6.69. The number of nitrogens with one attached hydrogen (secondary N) is 3. The van der Waals surface area contributed by atoms with Crippen molar-refractivity contribution in [2.45, 2.75) is 50.0 Å². The fraction of sp³-hybridized carbons (Fsp3) is 0.455. The smallest absolute Gasteiger partial charge is 0.274 e. The lowest BCUT2D eigenvalue weighted by Crippen LogP contribution is -2.59. The van der Waals surface area contributed by atoms with E-state index < -0.39 is 12.2 Å². The van der Waals surface area contributed by atoms with Crippen LogP contribution in [0.5, 0.6) is 0 Å². The molecule has 4 atom stereocenters. The molecule has 2 aliphatic carbocycles. The molecular formula is C22H26FN7O3. The van der Waals surface area contributed by atoms with Gasteiger partial charge in [0.05, 0.1) is 23.9 Å². The highest BCUT2D eigenvalue weighted by atomic mass is 19.1. The average molecular weight is 455 g/mol. The second-order valence-corrected chi connectivity index (χ2v) is 8.73. The van der Waals surface area contributed by atoms with Gasteiger partial charge in [-0.1, -0.05) is 0 Å². The van der Waals surface area contributed by atoms with Crippen molar-refractivity contribution in [3.05, 3.63) is 46.5 Å². The molecule has 0 aromatic carbocycles. The molecule has 5 rings (SSSR count). The maximum absolute atomic E-state index is 13.5. The number of anilines is 3. The van der Waals surface area contributed by atoms with E-state index in [1.54, 1.807) is 38.6 Å². The van der Waals surface area contributed by atoms with Crippen LogP contribution in [0.15, 0.2) is 35.4 Å². The molecule has 1 amide bonds. The zero-order valence-corrected chi connectivity index (χ0v) is 18.6. The molecule has 2 saturated carbocycles. The van der Waals surface area contributed by atoms with Gasteiger partial charge in [-0.25, -0.2) is 9.37 Å². The number of hydrogen-bond donors (Lipinski definition) is 3. The third-order valence-electron chi connectivity index (χ3n) is 6.69. The van der Waals surface area contributed by atoms with E-state index in [0.29, 0.717) is 29.3 Å². The molecule has 2 aliphatic rings. The van der Waals surface area contributed by atoms with Gasteiger partial charge in [0.2, 0.25) is 0 Å². The van der Waals surface area contributed by atoms with E-state index in [1.165, 1.54) is 15.3 Å². The Morgan fingerprint density at radius 1 is 1.39 bits per heavy atom. The largest absolute Gasteiger partial charge is 0.376 e. The van der Waals surface area contributed by atoms with Crippen LogP contribution in [0.25, 0.3) is 5.65 Å². The van der Waals surface area contributed by atoms with Gasteiger partial charge in [0, 0.05) is 32.8 Å². The Kier molecular flexibility index (Phi) is 5.08. The number of pyridine rings is 1. The molecular weight excluding hydrogens is 429 g/mol. The van der Waals surface area contributed by atoms with Crippen LogP contribution in [0.3, 0.4) is 0 Å². The van der Waals surface area contributed by atoms with Crippen LogP contribution in [0, 0.1) is 0 Å². The van der Waals surface area contributed by atoms with E-state index in [2.05, 4.69) is 26.0 Å². The van der Waals surface area contributed by atoms with Crippen LogP contribution in [-0.4, -0.2) is 57.0 Å². The number of aromatic nitrogens is 4. The first-order valence-electron chi connectivity index (χ1n) is 10.9. The van der Waals surface area contributed by atoms with E-state index in [-0.39, 0.29) is 28.8 Å². The fourth-order valence-electron chi connectivity index (χ4n) is 4.21. The summed E-state index contributed by atoms with van der Waals surface area (Å²) in [5.74, 6) is 0.637. The van der Waals surface area contributed by atoms with E-state index in [1.807, 2.05) is 6.92 Å². The molecule has 0 radical (unpaired) electrons. The van der Waals surface area contributed by atoms with Crippen LogP contribution in [0.1, 0.15) is 42.6 Å². The minimum atomic E-state index is -0.994. The van der Waals surface area contributed by atoms with Gasteiger partial charge >= 0.3 is 0 Å². The molecule has 2 unspecified atom stereocenters.